The Bertz CT molecular complexity index is 3080. The molecule has 2 saturated heterocycles. The van der Waals surface area contributed by atoms with E-state index in [4.69, 9.17) is 16.6 Å². The summed E-state index contributed by atoms with van der Waals surface area (Å²) in [6.07, 6.45) is 0.0722. The minimum absolute atomic E-state index is 0.0302. The third kappa shape index (κ3) is 13.3. The molecule has 3 aliphatic rings. The fourth-order valence-corrected chi connectivity index (χ4v) is 11.3. The molecule has 7 amide bonds. The maximum absolute atomic E-state index is 14.4. The summed E-state index contributed by atoms with van der Waals surface area (Å²) in [6.45, 7) is 12.4. The normalized spacial score (nSPS) is 23.1. The van der Waals surface area contributed by atoms with Crippen LogP contribution in [0.2, 0.25) is 5.02 Å². The molecule has 0 unspecified atom stereocenters. The van der Waals surface area contributed by atoms with Crippen LogP contribution in [0.25, 0.3) is 16.1 Å². The minimum atomic E-state index is -1.32. The van der Waals surface area contributed by atoms with E-state index in [1.165, 1.54) is 11.8 Å². The highest BCUT2D eigenvalue weighted by molar-refractivity contribution is 7.15. The summed E-state index contributed by atoms with van der Waals surface area (Å²) in [5, 5.41) is 38.0. The van der Waals surface area contributed by atoms with E-state index in [1.54, 1.807) is 44.2 Å². The SMILES string of the molecule is Cc1sc2c(c1C)C(c1ccc(Cl)cc1)=N[C@@H](CC(=O)NC[C@H]1NC(=O)[C@@H](C)NC(=O)[C@@H](Cc3ccc(-c4ccccc4)cc3)NC(=O)[C@@H]3C[C@@H](O)CN3C(=O)[C@H](C(C)(C)C)NC(=O)CCCCCNC1=O)c1nnc(C)n1-2. The predicted octanol–water partition coefficient (Wildman–Crippen LogP) is 4.87. The van der Waals surface area contributed by atoms with Crippen LogP contribution in [0.5, 0.6) is 0 Å². The molecule has 7 atom stereocenters. The predicted molar refractivity (Wildman–Crippen MR) is 297 cm³/mol. The molecule has 0 bridgehead atoms. The van der Waals surface area contributed by atoms with E-state index in [0.717, 1.165) is 37.7 Å². The van der Waals surface area contributed by atoms with Crippen LogP contribution < -0.4 is 31.9 Å². The van der Waals surface area contributed by atoms with Crippen molar-refractivity contribution >= 4 is 70.0 Å². The Balaban J connectivity index is 1.04. The van der Waals surface area contributed by atoms with Crippen LogP contribution in [0.1, 0.15) is 111 Å². The Morgan fingerprint density at radius 3 is 2.18 bits per heavy atom. The van der Waals surface area contributed by atoms with Gasteiger partial charge >= 0.3 is 0 Å². The molecule has 0 saturated carbocycles. The van der Waals surface area contributed by atoms with E-state index in [0.29, 0.717) is 47.2 Å². The Morgan fingerprint density at radius 2 is 1.47 bits per heavy atom. The van der Waals surface area contributed by atoms with E-state index in [1.807, 2.05) is 92.1 Å². The molecule has 3 aliphatic heterocycles. The number of rotatable bonds is 8. The highest BCUT2D eigenvalue weighted by Gasteiger charge is 2.45. The van der Waals surface area contributed by atoms with Crippen molar-refractivity contribution in [3.63, 3.8) is 0 Å². The number of hydrogen-bond acceptors (Lipinski definition) is 12. The van der Waals surface area contributed by atoms with Crippen LogP contribution in [0.4, 0.5) is 0 Å². The number of carbonyl (C=O) groups excluding carboxylic acids is 7. The van der Waals surface area contributed by atoms with E-state index < -0.39 is 83.2 Å². The van der Waals surface area contributed by atoms with Crippen LogP contribution in [0.15, 0.2) is 83.9 Å². The van der Waals surface area contributed by atoms with Gasteiger partial charge in [-0.3, -0.25) is 43.1 Å². The maximum Gasteiger partial charge on any atom is 0.246 e. The van der Waals surface area contributed by atoms with Crippen LogP contribution in [0, 0.1) is 26.2 Å². The Morgan fingerprint density at radius 1 is 0.795 bits per heavy atom. The largest absolute Gasteiger partial charge is 0.391 e. The minimum Gasteiger partial charge on any atom is -0.391 e. The number of aliphatic imine (C=N–C) groups is 1. The van der Waals surface area contributed by atoms with Gasteiger partial charge in [0.05, 0.1) is 18.2 Å². The second-order valence-corrected chi connectivity index (χ2v) is 23.0. The molecule has 0 radical (unpaired) electrons. The summed E-state index contributed by atoms with van der Waals surface area (Å²) in [5.41, 5.74) is 5.14. The van der Waals surface area contributed by atoms with Crippen molar-refractivity contribution in [3.05, 3.63) is 123 Å². The summed E-state index contributed by atoms with van der Waals surface area (Å²) < 4.78 is 1.92. The lowest BCUT2D eigenvalue weighted by Gasteiger charge is -2.35. The molecule has 2 aromatic heterocycles. The molecule has 7 N–H and O–H groups in total. The molecule has 3 aromatic carbocycles. The first-order valence-electron chi connectivity index (χ1n) is 26.4. The average Bonchev–Trinajstić information content (AvgIpc) is 4.13. The van der Waals surface area contributed by atoms with Crippen molar-refractivity contribution in [2.45, 2.75) is 136 Å². The standard InChI is InChI=1S/C57H68ClN11O8S/c1-31-33(3)78-56-47(31)48(38-21-23-39(58)24-22-38)62-41(50-67-66-34(4)69(50)56)28-46(72)60-29-43-52(74)59-25-13-9-12-16-45(71)65-49(57(5,6)7)55(77)68-30-40(70)27-44(68)54(76)63-42(53(75)61-32(2)51(73)64-43)26-35-17-19-37(20-18-35)36-14-10-8-11-15-36/h8,10-11,14-15,17-24,32,40-44,49,70H,9,12-13,16,25-30H2,1-7H3,(H,59,74)(H,60,72)(H,61,75)(H,63,76)(H,64,73)(H,65,71)/t32-,40-,41+,42-,43-,44+,49-/m1/s1. The number of halogens is 1. The van der Waals surface area contributed by atoms with Crippen molar-refractivity contribution in [2.75, 3.05) is 19.6 Å². The van der Waals surface area contributed by atoms with Gasteiger partial charge in [0.2, 0.25) is 41.4 Å². The number of aliphatic hydroxyl groups excluding tert-OH is 1. The van der Waals surface area contributed by atoms with E-state index in [2.05, 4.69) is 42.1 Å². The highest BCUT2D eigenvalue weighted by Crippen LogP contribution is 2.40. The van der Waals surface area contributed by atoms with Crippen molar-refractivity contribution in [2.24, 2.45) is 10.4 Å². The summed E-state index contributed by atoms with van der Waals surface area (Å²) in [5.74, 6) is -3.17. The molecular formula is C57H68ClN11O8S. The van der Waals surface area contributed by atoms with Gasteiger partial charge < -0.3 is 41.9 Å². The molecule has 0 aliphatic carbocycles. The molecule has 19 nitrogen and oxygen atoms in total. The first kappa shape index (κ1) is 56.9. The van der Waals surface area contributed by atoms with E-state index >= 15 is 0 Å². The number of aromatic nitrogens is 3. The second-order valence-electron chi connectivity index (χ2n) is 21.4. The number of carbonyl (C=O) groups is 7. The Hall–Kier alpha value is -7.29. The van der Waals surface area contributed by atoms with Gasteiger partial charge in [-0.1, -0.05) is 106 Å². The Kier molecular flexibility index (Phi) is 17.9. The fourth-order valence-electron chi connectivity index (χ4n) is 9.93. The third-order valence-corrected chi connectivity index (χ3v) is 15.9. The van der Waals surface area contributed by atoms with E-state index in [9.17, 15) is 38.7 Å². The number of aryl methyl sites for hydroxylation is 2. The molecular weight excluding hydrogens is 1030 g/mol. The van der Waals surface area contributed by atoms with Crippen LogP contribution in [-0.2, 0) is 40.0 Å². The fraction of sp³-hybridized carbons (Fsp3) is 0.439. The number of aliphatic hydroxyl groups is 1. The lowest BCUT2D eigenvalue weighted by atomic mass is 9.85. The first-order valence-corrected chi connectivity index (χ1v) is 27.6. The van der Waals surface area contributed by atoms with Crippen molar-refractivity contribution < 1.29 is 38.7 Å². The molecule has 8 rings (SSSR count). The molecule has 21 heteroatoms. The van der Waals surface area contributed by atoms with Gasteiger partial charge in [-0.2, -0.15) is 0 Å². The number of hydrogen-bond donors (Lipinski definition) is 7. The quantitative estimate of drug-likeness (QED) is 0.111. The summed E-state index contributed by atoms with van der Waals surface area (Å²) in [7, 11) is 0. The van der Waals surface area contributed by atoms with Gasteiger partial charge in [0.25, 0.3) is 0 Å². The number of nitrogens with one attached hydrogen (secondary N) is 6. The smallest absolute Gasteiger partial charge is 0.246 e. The number of nitrogens with zero attached hydrogens (tertiary/aromatic N) is 5. The maximum atomic E-state index is 14.4. The number of benzene rings is 3. The summed E-state index contributed by atoms with van der Waals surface area (Å²) in [4.78, 5) is 106. The summed E-state index contributed by atoms with van der Waals surface area (Å²) in [6, 6.07) is 17.5. The molecule has 5 aromatic rings. The van der Waals surface area contributed by atoms with Gasteiger partial charge in [0, 0.05) is 59.9 Å². The zero-order chi connectivity index (χ0) is 56.0. The van der Waals surface area contributed by atoms with Crippen LogP contribution in [-0.4, -0.2) is 128 Å². The van der Waals surface area contributed by atoms with Gasteiger partial charge in [-0.05, 0) is 80.3 Å². The van der Waals surface area contributed by atoms with Gasteiger partial charge in [0.15, 0.2) is 5.82 Å². The van der Waals surface area contributed by atoms with Crippen molar-refractivity contribution in [3.8, 4) is 16.1 Å². The molecule has 2 fully saturated rings. The monoisotopic (exact) mass is 1100 g/mol. The summed E-state index contributed by atoms with van der Waals surface area (Å²) >= 11 is 7.88. The number of fused-ring (bicyclic) bond motifs is 4. The number of amides is 7. The average molecular weight is 1100 g/mol. The van der Waals surface area contributed by atoms with Crippen LogP contribution >= 0.6 is 22.9 Å². The van der Waals surface area contributed by atoms with Gasteiger partial charge in [-0.15, -0.1) is 21.5 Å². The van der Waals surface area contributed by atoms with Gasteiger partial charge in [-0.25, -0.2) is 0 Å². The molecule has 0 spiro atoms. The van der Waals surface area contributed by atoms with Crippen molar-refractivity contribution in [1.29, 1.82) is 0 Å². The lowest BCUT2D eigenvalue weighted by Crippen LogP contribution is -2.60. The molecule has 78 heavy (non-hydrogen) atoms. The third-order valence-electron chi connectivity index (χ3n) is 14.4. The van der Waals surface area contributed by atoms with Gasteiger partial charge in [0.1, 0.15) is 47.1 Å². The molecule has 5 heterocycles. The zero-order valence-corrected chi connectivity index (χ0v) is 46.5. The first-order chi connectivity index (χ1) is 37.2. The lowest BCUT2D eigenvalue weighted by molar-refractivity contribution is -0.144. The second kappa shape index (κ2) is 24.6. The van der Waals surface area contributed by atoms with Crippen LogP contribution in [0.3, 0.4) is 0 Å². The van der Waals surface area contributed by atoms with Crippen molar-refractivity contribution in [1.82, 2.24) is 51.6 Å². The highest BCUT2D eigenvalue weighted by atomic mass is 35.5. The number of thiophene rings is 1. The molecule has 412 valence electrons. The van der Waals surface area contributed by atoms with E-state index in [-0.39, 0.29) is 51.2 Å². The Labute approximate surface area is 462 Å². The zero-order valence-electron chi connectivity index (χ0n) is 44.9. The topological polar surface area (TPSA) is 258 Å².